The molecule has 0 aliphatic rings. The van der Waals surface area contributed by atoms with E-state index in [1.165, 1.54) is 70.6 Å². The Bertz CT molecular complexity index is 1960. The fourth-order valence-electron chi connectivity index (χ4n) is 5.80. The van der Waals surface area contributed by atoms with Crippen molar-refractivity contribution < 1.29 is 0 Å². The molecule has 39 heavy (non-hydrogen) atoms. The van der Waals surface area contributed by atoms with Crippen molar-refractivity contribution in [3.05, 3.63) is 140 Å². The van der Waals surface area contributed by atoms with E-state index in [1.807, 2.05) is 0 Å². The second-order valence-electron chi connectivity index (χ2n) is 10.1. The van der Waals surface area contributed by atoms with Gasteiger partial charge in [-0.2, -0.15) is 10.5 Å². The van der Waals surface area contributed by atoms with Crippen molar-refractivity contribution in [2.75, 3.05) is 6.26 Å². The van der Waals surface area contributed by atoms with Gasteiger partial charge in [-0.1, -0.05) is 127 Å². The molecule has 186 valence electrons. The molecule has 0 aliphatic heterocycles. The Morgan fingerprint density at radius 2 is 0.821 bits per heavy atom. The molecule has 0 saturated carbocycles. The van der Waals surface area contributed by atoms with Crippen LogP contribution in [0.5, 0.6) is 0 Å². The summed E-state index contributed by atoms with van der Waals surface area (Å²) in [5.41, 5.74) is 7.54. The molecule has 0 aliphatic carbocycles. The average Bonchev–Trinajstić information content (AvgIpc) is 3.00. The van der Waals surface area contributed by atoms with Crippen LogP contribution in [0.15, 0.2) is 144 Å². The minimum atomic E-state index is 0.0276. The van der Waals surface area contributed by atoms with Gasteiger partial charge in [0, 0.05) is 4.90 Å². The highest BCUT2D eigenvalue weighted by atomic mass is 32.2. The molecule has 1 heteroatoms. The molecular formula is C38H28S. The maximum atomic E-state index is 4.17. The quantitative estimate of drug-likeness (QED) is 0.161. The molecule has 7 aromatic rings. The third-order valence-electron chi connectivity index (χ3n) is 7.73. The number of rotatable bonds is 4. The highest BCUT2D eigenvalue weighted by molar-refractivity contribution is 8.13. The van der Waals surface area contributed by atoms with Gasteiger partial charge in [0.25, 0.3) is 0 Å². The third kappa shape index (κ3) is 4.16. The summed E-state index contributed by atoms with van der Waals surface area (Å²) in [6.45, 7) is 0. The molecule has 0 nitrogen and oxygen atoms in total. The van der Waals surface area contributed by atoms with Crippen LogP contribution in [0.2, 0.25) is 0 Å². The van der Waals surface area contributed by atoms with Gasteiger partial charge in [0.2, 0.25) is 0 Å². The second-order valence-corrected chi connectivity index (χ2v) is 11.9. The molecule has 0 N–H and O–H groups in total. The lowest BCUT2D eigenvalue weighted by Crippen LogP contribution is -1.91. The van der Waals surface area contributed by atoms with E-state index in [0.29, 0.717) is 0 Å². The van der Waals surface area contributed by atoms with Crippen LogP contribution >= 0.6 is 10.5 Å². The van der Waals surface area contributed by atoms with Gasteiger partial charge in [-0.05, 0) is 90.2 Å². The monoisotopic (exact) mass is 516 g/mol. The van der Waals surface area contributed by atoms with Gasteiger partial charge in [-0.25, -0.2) is 0 Å². The Morgan fingerprint density at radius 1 is 0.410 bits per heavy atom. The summed E-state index contributed by atoms with van der Waals surface area (Å²) < 4.78 is 0. The fourth-order valence-corrected chi connectivity index (χ4v) is 6.40. The van der Waals surface area contributed by atoms with Gasteiger partial charge in [0.1, 0.15) is 0 Å². The van der Waals surface area contributed by atoms with Crippen LogP contribution in [0.25, 0.3) is 65.7 Å². The summed E-state index contributed by atoms with van der Waals surface area (Å²) in [4.78, 5) is 1.29. The molecular weight excluding hydrogens is 488 g/mol. The van der Waals surface area contributed by atoms with Crippen molar-refractivity contribution in [2.24, 2.45) is 0 Å². The van der Waals surface area contributed by atoms with Gasteiger partial charge < -0.3 is 0 Å². The van der Waals surface area contributed by atoms with Crippen LogP contribution in [0.4, 0.5) is 0 Å². The Labute approximate surface area is 232 Å². The van der Waals surface area contributed by atoms with Crippen molar-refractivity contribution in [1.82, 2.24) is 0 Å². The zero-order chi connectivity index (χ0) is 26.3. The maximum absolute atomic E-state index is 4.17. The van der Waals surface area contributed by atoms with Crippen molar-refractivity contribution in [3.8, 4) is 33.4 Å². The Hall–Kier alpha value is -4.46. The summed E-state index contributed by atoms with van der Waals surface area (Å²) in [6, 6.07) is 51.0. The highest BCUT2D eigenvalue weighted by Gasteiger charge is 2.16. The Morgan fingerprint density at radius 3 is 1.36 bits per heavy atom. The van der Waals surface area contributed by atoms with E-state index in [1.54, 1.807) is 0 Å². The van der Waals surface area contributed by atoms with E-state index in [4.69, 9.17) is 0 Å². The van der Waals surface area contributed by atoms with Crippen molar-refractivity contribution in [1.29, 1.82) is 0 Å². The van der Waals surface area contributed by atoms with Crippen LogP contribution in [0, 0.1) is 0 Å². The molecule has 0 aromatic heterocycles. The minimum absolute atomic E-state index is 0.0276. The number of hydrogen-bond donors (Lipinski definition) is 0. The molecule has 0 radical (unpaired) electrons. The highest BCUT2D eigenvalue weighted by Crippen LogP contribution is 2.44. The number of hydrogen-bond acceptors (Lipinski definition) is 0. The molecule has 0 bridgehead atoms. The third-order valence-corrected chi connectivity index (χ3v) is 8.81. The van der Waals surface area contributed by atoms with Crippen molar-refractivity contribution >= 4 is 48.7 Å². The Kier molecular flexibility index (Phi) is 5.87. The predicted molar refractivity (Wildman–Crippen MR) is 174 cm³/mol. The second kappa shape index (κ2) is 9.69. The Balaban J connectivity index is 1.43. The summed E-state index contributed by atoms with van der Waals surface area (Å²) in [7, 11) is 0.0276. The zero-order valence-corrected chi connectivity index (χ0v) is 22.7. The van der Waals surface area contributed by atoms with E-state index in [9.17, 15) is 0 Å². The zero-order valence-electron chi connectivity index (χ0n) is 21.9. The normalized spacial score (nSPS) is 12.2. The van der Waals surface area contributed by atoms with Crippen LogP contribution in [0.1, 0.15) is 0 Å². The van der Waals surface area contributed by atoms with E-state index in [2.05, 4.69) is 152 Å². The molecule has 0 spiro atoms. The first-order valence-electron chi connectivity index (χ1n) is 13.3. The topological polar surface area (TPSA) is 0 Å². The first kappa shape index (κ1) is 23.6. The first-order chi connectivity index (χ1) is 19.2. The standard InChI is InChI=1S/C38H28S/c1-39(2)32-23-21-28(22-24-32)27-15-18-29(19-16-27)37-33-11-5-7-13-35(33)38(36-14-8-6-12-34(36)37)31-20-17-26-9-3-4-10-30(26)25-31/h3-25H,1H2,2H3. The molecule has 0 heterocycles. The molecule has 0 amide bonds. The molecule has 0 fully saturated rings. The lowest BCUT2D eigenvalue weighted by atomic mass is 9.85. The number of fused-ring (bicyclic) bond motifs is 3. The minimum Gasteiger partial charge on any atom is -0.165 e. The van der Waals surface area contributed by atoms with Crippen molar-refractivity contribution in [3.63, 3.8) is 0 Å². The lowest BCUT2D eigenvalue weighted by Gasteiger charge is -2.18. The van der Waals surface area contributed by atoms with E-state index in [0.717, 1.165) is 0 Å². The van der Waals surface area contributed by atoms with Gasteiger partial charge in [-0.15, -0.1) is 0 Å². The molecule has 0 saturated heterocycles. The van der Waals surface area contributed by atoms with Gasteiger partial charge >= 0.3 is 0 Å². The van der Waals surface area contributed by atoms with Crippen LogP contribution in [0.3, 0.4) is 0 Å². The van der Waals surface area contributed by atoms with Crippen LogP contribution < -0.4 is 0 Å². The van der Waals surface area contributed by atoms with E-state index >= 15 is 0 Å². The van der Waals surface area contributed by atoms with E-state index < -0.39 is 0 Å². The summed E-state index contributed by atoms with van der Waals surface area (Å²) >= 11 is 0. The van der Waals surface area contributed by atoms with Crippen LogP contribution in [-0.4, -0.2) is 12.1 Å². The largest absolute Gasteiger partial charge is 0.165 e. The number of benzene rings is 7. The summed E-state index contributed by atoms with van der Waals surface area (Å²) in [6.07, 6.45) is 2.16. The fraction of sp³-hybridized carbons (Fsp3) is 0.0263. The van der Waals surface area contributed by atoms with Gasteiger partial charge in [-0.3, -0.25) is 0 Å². The first-order valence-corrected chi connectivity index (χ1v) is 15.1. The van der Waals surface area contributed by atoms with Crippen LogP contribution in [-0.2, 0) is 0 Å². The molecule has 7 aromatic carbocycles. The van der Waals surface area contributed by atoms with Gasteiger partial charge in [0.15, 0.2) is 0 Å². The van der Waals surface area contributed by atoms with Crippen molar-refractivity contribution in [2.45, 2.75) is 4.90 Å². The van der Waals surface area contributed by atoms with Gasteiger partial charge in [0.05, 0.1) is 0 Å². The van der Waals surface area contributed by atoms with E-state index in [-0.39, 0.29) is 10.5 Å². The SMILES string of the molecule is C=S(C)c1ccc(-c2ccc(-c3c4ccccc4c(-c4ccc5ccccc5c4)c4ccccc34)cc2)cc1. The predicted octanol–water partition coefficient (Wildman–Crippen LogP) is 10.8. The lowest BCUT2D eigenvalue weighted by molar-refractivity contribution is 1.46. The molecule has 7 rings (SSSR count). The summed E-state index contributed by atoms with van der Waals surface area (Å²) in [5, 5.41) is 7.65. The average molecular weight is 517 g/mol. The maximum Gasteiger partial charge on any atom is 0.000895 e. The molecule has 1 unspecified atom stereocenters. The smallest absolute Gasteiger partial charge is 0.000895 e. The summed E-state index contributed by atoms with van der Waals surface area (Å²) in [5.74, 6) is 4.17. The molecule has 1 atom stereocenters.